The van der Waals surface area contributed by atoms with Crippen molar-refractivity contribution in [3.05, 3.63) is 35.4 Å². The van der Waals surface area contributed by atoms with Gasteiger partial charge in [-0.05, 0) is 30.2 Å². The molecule has 2 nitrogen and oxygen atoms in total. The summed E-state index contributed by atoms with van der Waals surface area (Å²) in [6.45, 7) is 2.72. The molecule has 0 N–H and O–H groups in total. The van der Waals surface area contributed by atoms with Gasteiger partial charge >= 0.3 is 0 Å². The molecule has 1 aromatic carbocycles. The van der Waals surface area contributed by atoms with Crippen molar-refractivity contribution in [1.82, 2.24) is 0 Å². The van der Waals surface area contributed by atoms with Gasteiger partial charge < -0.3 is 9.47 Å². The van der Waals surface area contributed by atoms with Crippen molar-refractivity contribution < 1.29 is 9.47 Å². The van der Waals surface area contributed by atoms with Crippen LogP contribution < -0.4 is 4.74 Å². The summed E-state index contributed by atoms with van der Waals surface area (Å²) in [5.41, 5.74) is 2.37. The van der Waals surface area contributed by atoms with Crippen LogP contribution in [-0.2, 0) is 4.74 Å². The highest BCUT2D eigenvalue weighted by Gasteiger charge is 1.92. The van der Waals surface area contributed by atoms with Gasteiger partial charge in [0, 0.05) is 7.11 Å². The molecule has 0 saturated carbocycles. The van der Waals surface area contributed by atoms with Gasteiger partial charge in [0.2, 0.25) is 0 Å². The van der Waals surface area contributed by atoms with Gasteiger partial charge in [-0.1, -0.05) is 18.2 Å². The number of rotatable bonds is 4. The Morgan fingerprint density at radius 2 is 1.86 bits per heavy atom. The third-order valence-electron chi connectivity index (χ3n) is 1.90. The maximum absolute atomic E-state index is 5.08. The topological polar surface area (TPSA) is 18.5 Å². The summed E-state index contributed by atoms with van der Waals surface area (Å²) in [7, 11) is 3.37. The molecule has 0 heterocycles. The number of benzene rings is 1. The lowest BCUT2D eigenvalue weighted by molar-refractivity contribution is 0.226. The minimum absolute atomic E-state index is 0.673. The fraction of sp³-hybridized carbons (Fsp3) is 0.333. The van der Waals surface area contributed by atoms with Crippen molar-refractivity contribution in [3.8, 4) is 5.75 Å². The maximum Gasteiger partial charge on any atom is 0.118 e. The largest absolute Gasteiger partial charge is 0.497 e. The van der Waals surface area contributed by atoms with Gasteiger partial charge in [-0.2, -0.15) is 0 Å². The molecule has 0 amide bonds. The second kappa shape index (κ2) is 5.45. The summed E-state index contributed by atoms with van der Waals surface area (Å²) in [6.07, 6.45) is 2.10. The molecule has 0 atom stereocenters. The van der Waals surface area contributed by atoms with Gasteiger partial charge in [0.05, 0.1) is 13.7 Å². The fourth-order valence-electron chi connectivity index (χ4n) is 1.25. The Bertz CT molecular complexity index is 299. The van der Waals surface area contributed by atoms with Crippen LogP contribution in [0.3, 0.4) is 0 Å². The van der Waals surface area contributed by atoms with E-state index in [-0.39, 0.29) is 0 Å². The Kier molecular flexibility index (Phi) is 4.20. The van der Waals surface area contributed by atoms with E-state index in [9.17, 15) is 0 Å². The normalized spacial score (nSPS) is 11.5. The highest BCUT2D eigenvalue weighted by atomic mass is 16.5. The molecule has 1 aromatic rings. The van der Waals surface area contributed by atoms with Crippen molar-refractivity contribution in [2.45, 2.75) is 6.92 Å². The van der Waals surface area contributed by atoms with Crippen molar-refractivity contribution in [1.29, 1.82) is 0 Å². The zero-order valence-corrected chi connectivity index (χ0v) is 8.91. The van der Waals surface area contributed by atoms with Crippen LogP contribution in [0.4, 0.5) is 0 Å². The van der Waals surface area contributed by atoms with Crippen LogP contribution in [0.1, 0.15) is 12.5 Å². The number of methoxy groups -OCH3 is 2. The Morgan fingerprint density at radius 1 is 1.21 bits per heavy atom. The maximum atomic E-state index is 5.08. The zero-order chi connectivity index (χ0) is 10.4. The van der Waals surface area contributed by atoms with Crippen molar-refractivity contribution in [2.24, 2.45) is 0 Å². The summed E-state index contributed by atoms with van der Waals surface area (Å²) in [5, 5.41) is 0. The SMILES string of the molecule is COCC(C)=Cc1ccc(OC)cc1. The first-order valence-electron chi connectivity index (χ1n) is 4.56. The van der Waals surface area contributed by atoms with Crippen molar-refractivity contribution in [3.63, 3.8) is 0 Å². The van der Waals surface area contributed by atoms with Gasteiger partial charge in [-0.3, -0.25) is 0 Å². The minimum Gasteiger partial charge on any atom is -0.497 e. The lowest BCUT2D eigenvalue weighted by Gasteiger charge is -2.01. The molecule has 0 aromatic heterocycles. The third kappa shape index (κ3) is 3.23. The van der Waals surface area contributed by atoms with E-state index in [0.717, 1.165) is 5.75 Å². The van der Waals surface area contributed by atoms with Crippen LogP contribution in [0.2, 0.25) is 0 Å². The Labute approximate surface area is 85.2 Å². The molecule has 14 heavy (non-hydrogen) atoms. The van der Waals surface area contributed by atoms with E-state index in [1.165, 1.54) is 11.1 Å². The van der Waals surface area contributed by atoms with Gasteiger partial charge in [0.1, 0.15) is 5.75 Å². The molecule has 0 saturated heterocycles. The van der Waals surface area contributed by atoms with E-state index >= 15 is 0 Å². The second-order valence-electron chi connectivity index (χ2n) is 3.20. The summed E-state index contributed by atoms with van der Waals surface area (Å²) >= 11 is 0. The molecule has 0 fully saturated rings. The predicted octanol–water partition coefficient (Wildman–Crippen LogP) is 2.74. The number of hydrogen-bond acceptors (Lipinski definition) is 2. The van der Waals surface area contributed by atoms with E-state index in [4.69, 9.17) is 9.47 Å². The first kappa shape index (κ1) is 10.8. The van der Waals surface area contributed by atoms with Crippen LogP contribution in [0, 0.1) is 0 Å². The molecule has 0 bridgehead atoms. The summed E-state index contributed by atoms with van der Waals surface area (Å²) in [5.74, 6) is 0.881. The number of hydrogen-bond donors (Lipinski definition) is 0. The zero-order valence-electron chi connectivity index (χ0n) is 8.91. The molecule has 0 aliphatic rings. The smallest absolute Gasteiger partial charge is 0.118 e. The highest BCUT2D eigenvalue weighted by Crippen LogP contribution is 2.13. The molecule has 0 spiro atoms. The van der Waals surface area contributed by atoms with E-state index in [1.807, 2.05) is 31.2 Å². The molecule has 0 unspecified atom stereocenters. The van der Waals surface area contributed by atoms with Crippen LogP contribution in [-0.4, -0.2) is 20.8 Å². The van der Waals surface area contributed by atoms with Crippen molar-refractivity contribution in [2.75, 3.05) is 20.8 Å². The van der Waals surface area contributed by atoms with Crippen LogP contribution in [0.5, 0.6) is 5.75 Å². The summed E-state index contributed by atoms with van der Waals surface area (Å²) in [4.78, 5) is 0. The summed E-state index contributed by atoms with van der Waals surface area (Å²) in [6, 6.07) is 7.95. The Hall–Kier alpha value is -1.28. The highest BCUT2D eigenvalue weighted by molar-refractivity contribution is 5.53. The Balaban J connectivity index is 2.72. The first-order chi connectivity index (χ1) is 6.76. The van der Waals surface area contributed by atoms with Gasteiger partial charge in [-0.25, -0.2) is 0 Å². The van der Waals surface area contributed by atoms with Gasteiger partial charge in [-0.15, -0.1) is 0 Å². The van der Waals surface area contributed by atoms with Crippen LogP contribution >= 0.6 is 0 Å². The fourth-order valence-corrected chi connectivity index (χ4v) is 1.25. The molecule has 0 aliphatic heterocycles. The van der Waals surface area contributed by atoms with Crippen LogP contribution in [0.25, 0.3) is 6.08 Å². The average Bonchev–Trinajstić information content (AvgIpc) is 2.19. The number of ether oxygens (including phenoxy) is 2. The van der Waals surface area contributed by atoms with Gasteiger partial charge in [0.25, 0.3) is 0 Å². The van der Waals surface area contributed by atoms with Crippen LogP contribution in [0.15, 0.2) is 29.8 Å². The lowest BCUT2D eigenvalue weighted by Crippen LogP contribution is -1.89. The minimum atomic E-state index is 0.673. The standard InChI is InChI=1S/C12H16O2/c1-10(9-13-2)8-11-4-6-12(14-3)7-5-11/h4-8H,9H2,1-3H3. The Morgan fingerprint density at radius 3 is 2.36 bits per heavy atom. The lowest BCUT2D eigenvalue weighted by atomic mass is 10.1. The monoisotopic (exact) mass is 192 g/mol. The molecule has 1 rings (SSSR count). The molecular formula is C12H16O2. The molecule has 0 aliphatic carbocycles. The predicted molar refractivity (Wildman–Crippen MR) is 58.5 cm³/mol. The van der Waals surface area contributed by atoms with Gasteiger partial charge in [0.15, 0.2) is 0 Å². The summed E-state index contributed by atoms with van der Waals surface area (Å²) < 4.78 is 10.1. The van der Waals surface area contributed by atoms with E-state index in [0.29, 0.717) is 6.61 Å². The second-order valence-corrected chi connectivity index (χ2v) is 3.20. The van der Waals surface area contributed by atoms with E-state index in [1.54, 1.807) is 14.2 Å². The first-order valence-corrected chi connectivity index (χ1v) is 4.56. The molecule has 0 radical (unpaired) electrons. The van der Waals surface area contributed by atoms with E-state index < -0.39 is 0 Å². The van der Waals surface area contributed by atoms with E-state index in [2.05, 4.69) is 6.08 Å². The third-order valence-corrected chi connectivity index (χ3v) is 1.90. The average molecular weight is 192 g/mol. The quantitative estimate of drug-likeness (QED) is 0.730. The molecular weight excluding hydrogens is 176 g/mol. The molecule has 2 heteroatoms. The van der Waals surface area contributed by atoms with Crippen molar-refractivity contribution >= 4 is 6.08 Å². The molecule has 76 valence electrons.